The summed E-state index contributed by atoms with van der Waals surface area (Å²) in [5, 5.41) is 2.92. The molecule has 0 radical (unpaired) electrons. The normalized spacial score (nSPS) is 24.3. The van der Waals surface area contributed by atoms with Gasteiger partial charge in [-0.25, -0.2) is 9.97 Å². The van der Waals surface area contributed by atoms with E-state index in [1.54, 1.807) is 0 Å². The Labute approximate surface area is 99.6 Å². The number of hydrogen-bond acceptors (Lipinski definition) is 5. The van der Waals surface area contributed by atoms with Gasteiger partial charge >= 0.3 is 0 Å². The molecule has 0 spiro atoms. The highest BCUT2D eigenvalue weighted by Gasteiger charge is 2.21. The SMILES string of the molecule is CC1CC(NC(=O)c2cnc(N)cn2)CCO1. The van der Waals surface area contributed by atoms with Crippen molar-refractivity contribution in [2.24, 2.45) is 0 Å². The predicted molar refractivity (Wildman–Crippen MR) is 62.3 cm³/mol. The monoisotopic (exact) mass is 236 g/mol. The zero-order valence-corrected chi connectivity index (χ0v) is 9.72. The van der Waals surface area contributed by atoms with Crippen molar-refractivity contribution in [1.29, 1.82) is 0 Å². The van der Waals surface area contributed by atoms with E-state index in [0.717, 1.165) is 12.8 Å². The Hall–Kier alpha value is -1.69. The standard InChI is InChI=1S/C11H16N4O2/c1-7-4-8(2-3-17-7)15-11(16)9-5-14-10(12)6-13-9/h5-8H,2-4H2,1H3,(H2,12,14)(H,15,16). The molecule has 17 heavy (non-hydrogen) atoms. The van der Waals surface area contributed by atoms with Gasteiger partial charge < -0.3 is 15.8 Å². The molecule has 1 aromatic rings. The summed E-state index contributed by atoms with van der Waals surface area (Å²) in [7, 11) is 0. The third-order valence-electron chi connectivity index (χ3n) is 2.72. The zero-order chi connectivity index (χ0) is 12.3. The van der Waals surface area contributed by atoms with Gasteiger partial charge in [0, 0.05) is 12.6 Å². The van der Waals surface area contributed by atoms with Crippen LogP contribution in [-0.2, 0) is 4.74 Å². The highest BCUT2D eigenvalue weighted by atomic mass is 16.5. The number of nitrogens with zero attached hydrogens (tertiary/aromatic N) is 2. The molecule has 0 aromatic carbocycles. The van der Waals surface area contributed by atoms with Crippen molar-refractivity contribution in [2.75, 3.05) is 12.3 Å². The van der Waals surface area contributed by atoms with Crippen LogP contribution in [0.15, 0.2) is 12.4 Å². The Morgan fingerprint density at radius 3 is 3.00 bits per heavy atom. The zero-order valence-electron chi connectivity index (χ0n) is 9.72. The molecule has 0 bridgehead atoms. The maximum atomic E-state index is 11.8. The van der Waals surface area contributed by atoms with Crippen LogP contribution in [0, 0.1) is 0 Å². The van der Waals surface area contributed by atoms with Crippen LogP contribution in [0.25, 0.3) is 0 Å². The molecule has 0 aliphatic carbocycles. The Morgan fingerprint density at radius 1 is 1.53 bits per heavy atom. The van der Waals surface area contributed by atoms with Crippen molar-refractivity contribution in [2.45, 2.75) is 31.9 Å². The van der Waals surface area contributed by atoms with E-state index in [9.17, 15) is 4.79 Å². The third-order valence-corrected chi connectivity index (χ3v) is 2.72. The van der Waals surface area contributed by atoms with Gasteiger partial charge in [-0.1, -0.05) is 0 Å². The Bertz CT molecular complexity index is 393. The van der Waals surface area contributed by atoms with Crippen molar-refractivity contribution in [1.82, 2.24) is 15.3 Å². The lowest BCUT2D eigenvalue weighted by Gasteiger charge is -2.27. The maximum Gasteiger partial charge on any atom is 0.271 e. The van der Waals surface area contributed by atoms with E-state index in [1.165, 1.54) is 12.4 Å². The number of aromatic nitrogens is 2. The van der Waals surface area contributed by atoms with Crippen molar-refractivity contribution >= 4 is 11.7 Å². The fourth-order valence-corrected chi connectivity index (χ4v) is 1.84. The van der Waals surface area contributed by atoms with Crippen molar-refractivity contribution in [3.8, 4) is 0 Å². The van der Waals surface area contributed by atoms with Crippen LogP contribution in [0.1, 0.15) is 30.3 Å². The highest BCUT2D eigenvalue weighted by Crippen LogP contribution is 2.13. The van der Waals surface area contributed by atoms with Crippen LogP contribution in [0.5, 0.6) is 0 Å². The predicted octanol–water partition coefficient (Wildman–Crippen LogP) is 0.356. The first-order valence-corrected chi connectivity index (χ1v) is 5.65. The summed E-state index contributed by atoms with van der Waals surface area (Å²) in [6, 6.07) is 0.144. The summed E-state index contributed by atoms with van der Waals surface area (Å²) < 4.78 is 5.42. The van der Waals surface area contributed by atoms with E-state index in [1.807, 2.05) is 6.92 Å². The first-order chi connectivity index (χ1) is 8.15. The van der Waals surface area contributed by atoms with Gasteiger partial charge in [-0.15, -0.1) is 0 Å². The van der Waals surface area contributed by atoms with E-state index in [4.69, 9.17) is 10.5 Å². The Kier molecular flexibility index (Phi) is 3.53. The van der Waals surface area contributed by atoms with Crippen molar-refractivity contribution in [3.63, 3.8) is 0 Å². The average Bonchev–Trinajstić information content (AvgIpc) is 2.29. The number of nitrogens with two attached hydrogens (primary N) is 1. The summed E-state index contributed by atoms with van der Waals surface area (Å²) in [5.74, 6) is 0.0952. The highest BCUT2D eigenvalue weighted by molar-refractivity contribution is 5.92. The molecular weight excluding hydrogens is 220 g/mol. The molecule has 6 nitrogen and oxygen atoms in total. The number of amides is 1. The summed E-state index contributed by atoms with van der Waals surface area (Å²) >= 11 is 0. The fraction of sp³-hybridized carbons (Fsp3) is 0.545. The summed E-state index contributed by atoms with van der Waals surface area (Å²) in [5.41, 5.74) is 5.70. The van der Waals surface area contributed by atoms with E-state index in [-0.39, 0.29) is 18.1 Å². The summed E-state index contributed by atoms with van der Waals surface area (Å²) in [6.45, 7) is 2.68. The van der Waals surface area contributed by atoms with E-state index >= 15 is 0 Å². The van der Waals surface area contributed by atoms with Crippen molar-refractivity contribution < 1.29 is 9.53 Å². The van der Waals surface area contributed by atoms with Crippen LogP contribution in [0.2, 0.25) is 0 Å². The average molecular weight is 236 g/mol. The van der Waals surface area contributed by atoms with Crippen LogP contribution in [-0.4, -0.2) is 34.6 Å². The topological polar surface area (TPSA) is 90.1 Å². The Balaban J connectivity index is 1.94. The second-order valence-electron chi connectivity index (χ2n) is 4.20. The molecule has 2 atom stereocenters. The molecule has 2 unspecified atom stereocenters. The molecular formula is C11H16N4O2. The number of nitrogens with one attached hydrogen (secondary N) is 1. The van der Waals surface area contributed by atoms with Crippen LogP contribution < -0.4 is 11.1 Å². The van der Waals surface area contributed by atoms with Crippen LogP contribution in [0.3, 0.4) is 0 Å². The molecule has 92 valence electrons. The number of nitrogen functional groups attached to an aromatic ring is 1. The number of carbonyl (C=O) groups is 1. The second-order valence-corrected chi connectivity index (χ2v) is 4.20. The van der Waals surface area contributed by atoms with Gasteiger partial charge in [-0.2, -0.15) is 0 Å². The number of hydrogen-bond donors (Lipinski definition) is 2. The smallest absolute Gasteiger partial charge is 0.271 e. The number of carbonyl (C=O) groups excluding carboxylic acids is 1. The van der Waals surface area contributed by atoms with E-state index in [0.29, 0.717) is 18.1 Å². The molecule has 2 rings (SSSR count). The maximum absolute atomic E-state index is 11.8. The number of anilines is 1. The minimum absolute atomic E-state index is 0.144. The van der Waals surface area contributed by atoms with Gasteiger partial charge in [0.25, 0.3) is 5.91 Å². The summed E-state index contributed by atoms with van der Waals surface area (Å²) in [4.78, 5) is 19.6. The first-order valence-electron chi connectivity index (χ1n) is 5.65. The van der Waals surface area contributed by atoms with Crippen molar-refractivity contribution in [3.05, 3.63) is 18.1 Å². The molecule has 1 fully saturated rings. The number of rotatable bonds is 2. The largest absolute Gasteiger partial charge is 0.382 e. The van der Waals surface area contributed by atoms with Crippen LogP contribution >= 0.6 is 0 Å². The van der Waals surface area contributed by atoms with Gasteiger partial charge in [0.05, 0.1) is 18.5 Å². The lowest BCUT2D eigenvalue weighted by molar-refractivity contribution is 0.0136. The van der Waals surface area contributed by atoms with Gasteiger partial charge in [0.1, 0.15) is 11.5 Å². The molecule has 6 heteroatoms. The van der Waals surface area contributed by atoms with Gasteiger partial charge in [-0.05, 0) is 19.8 Å². The van der Waals surface area contributed by atoms with Gasteiger partial charge in [0.15, 0.2) is 0 Å². The first kappa shape index (κ1) is 11.8. The third kappa shape index (κ3) is 3.13. The minimum atomic E-state index is -0.211. The molecule has 1 aromatic heterocycles. The molecule has 1 saturated heterocycles. The summed E-state index contributed by atoms with van der Waals surface area (Å²) in [6.07, 6.45) is 4.60. The van der Waals surface area contributed by atoms with E-state index in [2.05, 4.69) is 15.3 Å². The molecule has 2 heterocycles. The fourth-order valence-electron chi connectivity index (χ4n) is 1.84. The Morgan fingerprint density at radius 2 is 2.35 bits per heavy atom. The number of ether oxygens (including phenoxy) is 1. The molecule has 1 aliphatic rings. The van der Waals surface area contributed by atoms with Crippen LogP contribution in [0.4, 0.5) is 5.82 Å². The lowest BCUT2D eigenvalue weighted by Crippen LogP contribution is -2.41. The van der Waals surface area contributed by atoms with Gasteiger partial charge in [-0.3, -0.25) is 4.79 Å². The minimum Gasteiger partial charge on any atom is -0.382 e. The lowest BCUT2D eigenvalue weighted by atomic mass is 10.0. The molecule has 1 amide bonds. The second kappa shape index (κ2) is 5.09. The molecule has 3 N–H and O–H groups in total. The van der Waals surface area contributed by atoms with Gasteiger partial charge in [0.2, 0.25) is 0 Å². The quantitative estimate of drug-likeness (QED) is 0.773. The molecule has 0 saturated carbocycles. The van der Waals surface area contributed by atoms with E-state index < -0.39 is 0 Å². The molecule has 1 aliphatic heterocycles.